The summed E-state index contributed by atoms with van der Waals surface area (Å²) >= 11 is 1.71. The van der Waals surface area contributed by atoms with E-state index in [1.807, 2.05) is 6.07 Å². The third-order valence-electron chi connectivity index (χ3n) is 4.22. The van der Waals surface area contributed by atoms with Gasteiger partial charge in [0.15, 0.2) is 0 Å². The fraction of sp³-hybridized carbons (Fsp3) is 0.438. The van der Waals surface area contributed by atoms with Gasteiger partial charge in [-0.1, -0.05) is 6.07 Å². The molecule has 0 aromatic carbocycles. The van der Waals surface area contributed by atoms with Crippen LogP contribution in [0.5, 0.6) is 0 Å². The standard InChI is InChI=1S/C16H21N5O2S/c1-20-6-8-21(9-7-20)13(14-3-2-10-24-14)11-17-16(23)12-4-5-15(22)19-18-12/h2-5,10,13H,6-9,11H2,1H3,(H,17,23)(H,19,22). The average molecular weight is 347 g/mol. The molecular formula is C16H21N5O2S. The molecule has 0 radical (unpaired) electrons. The Balaban J connectivity index is 1.67. The molecule has 0 aliphatic carbocycles. The Morgan fingerprint density at radius 2 is 2.12 bits per heavy atom. The number of amides is 1. The lowest BCUT2D eigenvalue weighted by Crippen LogP contribution is -2.48. The summed E-state index contributed by atoms with van der Waals surface area (Å²) in [5, 5.41) is 11.1. The maximum atomic E-state index is 12.2. The first kappa shape index (κ1) is 16.8. The number of thiophene rings is 1. The summed E-state index contributed by atoms with van der Waals surface area (Å²) < 4.78 is 0. The molecule has 1 amide bonds. The molecule has 0 bridgehead atoms. The van der Waals surface area contributed by atoms with Crippen LogP contribution in [-0.2, 0) is 0 Å². The van der Waals surface area contributed by atoms with Crippen LogP contribution in [-0.4, -0.2) is 65.7 Å². The molecule has 3 heterocycles. The van der Waals surface area contributed by atoms with Gasteiger partial charge in [0.2, 0.25) is 0 Å². The number of likely N-dealkylation sites (N-methyl/N-ethyl adjacent to an activating group) is 1. The highest BCUT2D eigenvalue weighted by Crippen LogP contribution is 2.25. The van der Waals surface area contributed by atoms with E-state index in [1.165, 1.54) is 17.0 Å². The Kier molecular flexibility index (Phi) is 5.39. The SMILES string of the molecule is CN1CCN(C(CNC(=O)c2ccc(=O)[nH]n2)c2cccs2)CC1. The number of aromatic amines is 1. The summed E-state index contributed by atoms with van der Waals surface area (Å²) in [6, 6.07) is 7.04. The van der Waals surface area contributed by atoms with E-state index in [0.717, 1.165) is 26.2 Å². The number of piperazine rings is 1. The number of nitrogens with zero attached hydrogens (tertiary/aromatic N) is 3. The van der Waals surface area contributed by atoms with Crippen molar-refractivity contribution >= 4 is 17.2 Å². The van der Waals surface area contributed by atoms with Gasteiger partial charge in [-0.2, -0.15) is 5.10 Å². The van der Waals surface area contributed by atoms with Crippen molar-refractivity contribution in [1.82, 2.24) is 25.3 Å². The van der Waals surface area contributed by atoms with Crippen molar-refractivity contribution in [2.45, 2.75) is 6.04 Å². The van der Waals surface area contributed by atoms with Crippen LogP contribution in [0.3, 0.4) is 0 Å². The number of hydrogen-bond acceptors (Lipinski definition) is 6. The summed E-state index contributed by atoms with van der Waals surface area (Å²) in [6.45, 7) is 4.52. The Morgan fingerprint density at radius 3 is 2.75 bits per heavy atom. The number of aromatic nitrogens is 2. The van der Waals surface area contributed by atoms with Gasteiger partial charge in [-0.15, -0.1) is 11.3 Å². The normalized spacial score (nSPS) is 17.5. The van der Waals surface area contributed by atoms with Gasteiger partial charge in [0.05, 0.1) is 6.04 Å². The lowest BCUT2D eigenvalue weighted by Gasteiger charge is -2.37. The molecule has 2 aromatic rings. The van der Waals surface area contributed by atoms with Crippen LogP contribution in [0.15, 0.2) is 34.4 Å². The van der Waals surface area contributed by atoms with Crippen molar-refractivity contribution < 1.29 is 4.79 Å². The molecule has 8 heteroatoms. The minimum atomic E-state index is -0.319. The summed E-state index contributed by atoms with van der Waals surface area (Å²) in [7, 11) is 2.13. The molecule has 1 saturated heterocycles. The van der Waals surface area contributed by atoms with Crippen molar-refractivity contribution in [2.24, 2.45) is 0 Å². The van der Waals surface area contributed by atoms with E-state index in [1.54, 1.807) is 11.3 Å². The van der Waals surface area contributed by atoms with Gasteiger partial charge in [0.25, 0.3) is 11.5 Å². The van der Waals surface area contributed by atoms with Crippen molar-refractivity contribution in [2.75, 3.05) is 39.8 Å². The van der Waals surface area contributed by atoms with E-state index >= 15 is 0 Å². The Bertz CT molecular complexity index is 702. The first-order valence-electron chi connectivity index (χ1n) is 7.93. The Labute approximate surface area is 144 Å². The summed E-state index contributed by atoms with van der Waals surface area (Å²) in [5.74, 6) is -0.276. The molecule has 3 rings (SSSR count). The predicted octanol–water partition coefficient (Wildman–Crippen LogP) is 0.550. The topological polar surface area (TPSA) is 81.3 Å². The molecule has 2 aromatic heterocycles. The molecule has 0 spiro atoms. The number of carbonyl (C=O) groups excluding carboxylic acids is 1. The van der Waals surface area contributed by atoms with Crippen LogP contribution in [0.25, 0.3) is 0 Å². The van der Waals surface area contributed by atoms with Crippen LogP contribution in [0.2, 0.25) is 0 Å². The average Bonchev–Trinajstić information content (AvgIpc) is 3.11. The third-order valence-corrected chi connectivity index (χ3v) is 5.19. The minimum absolute atomic E-state index is 0.158. The van der Waals surface area contributed by atoms with E-state index in [4.69, 9.17) is 0 Å². The van der Waals surface area contributed by atoms with Crippen LogP contribution < -0.4 is 10.9 Å². The monoisotopic (exact) mass is 347 g/mol. The highest BCUT2D eigenvalue weighted by molar-refractivity contribution is 7.10. The molecule has 1 unspecified atom stereocenters. The second kappa shape index (κ2) is 7.69. The maximum absolute atomic E-state index is 12.2. The lowest BCUT2D eigenvalue weighted by atomic mass is 10.1. The molecule has 1 aliphatic rings. The van der Waals surface area contributed by atoms with E-state index in [0.29, 0.717) is 6.54 Å². The van der Waals surface area contributed by atoms with Gasteiger partial charge in [0.1, 0.15) is 5.69 Å². The van der Waals surface area contributed by atoms with Crippen LogP contribution >= 0.6 is 11.3 Å². The number of hydrogen-bond donors (Lipinski definition) is 2. The highest BCUT2D eigenvalue weighted by Gasteiger charge is 2.25. The van der Waals surface area contributed by atoms with Gasteiger partial charge in [-0.25, -0.2) is 5.10 Å². The molecule has 24 heavy (non-hydrogen) atoms. The first-order chi connectivity index (χ1) is 11.6. The van der Waals surface area contributed by atoms with E-state index in [2.05, 4.69) is 43.8 Å². The van der Waals surface area contributed by atoms with E-state index in [-0.39, 0.29) is 23.2 Å². The van der Waals surface area contributed by atoms with Crippen molar-refractivity contribution in [1.29, 1.82) is 0 Å². The third kappa shape index (κ3) is 4.08. The number of nitrogens with one attached hydrogen (secondary N) is 2. The molecule has 1 atom stereocenters. The quantitative estimate of drug-likeness (QED) is 0.826. The molecule has 128 valence electrons. The second-order valence-corrected chi connectivity index (χ2v) is 6.87. The molecule has 1 aliphatic heterocycles. The molecule has 1 fully saturated rings. The summed E-state index contributed by atoms with van der Waals surface area (Å²) in [4.78, 5) is 29.2. The van der Waals surface area contributed by atoms with E-state index < -0.39 is 0 Å². The number of rotatable bonds is 5. The molecule has 0 saturated carbocycles. The van der Waals surface area contributed by atoms with Crippen molar-refractivity contribution in [3.63, 3.8) is 0 Å². The van der Waals surface area contributed by atoms with E-state index in [9.17, 15) is 9.59 Å². The molecule has 2 N–H and O–H groups in total. The smallest absolute Gasteiger partial charge is 0.271 e. The zero-order chi connectivity index (χ0) is 16.9. The summed E-state index contributed by atoms with van der Waals surface area (Å²) in [6.07, 6.45) is 0. The first-order valence-corrected chi connectivity index (χ1v) is 8.81. The minimum Gasteiger partial charge on any atom is -0.349 e. The van der Waals surface area contributed by atoms with Crippen molar-refractivity contribution in [3.05, 3.63) is 50.6 Å². The van der Waals surface area contributed by atoms with Crippen molar-refractivity contribution in [3.8, 4) is 0 Å². The van der Waals surface area contributed by atoms with Crippen LogP contribution in [0.1, 0.15) is 21.4 Å². The molecular weight excluding hydrogens is 326 g/mol. The zero-order valence-corrected chi connectivity index (χ0v) is 14.4. The molecule has 7 nitrogen and oxygen atoms in total. The number of carbonyl (C=O) groups is 1. The second-order valence-electron chi connectivity index (χ2n) is 5.89. The zero-order valence-electron chi connectivity index (χ0n) is 13.6. The Hall–Kier alpha value is -2.03. The number of H-pyrrole nitrogens is 1. The maximum Gasteiger partial charge on any atom is 0.271 e. The van der Waals surface area contributed by atoms with Crippen LogP contribution in [0, 0.1) is 0 Å². The largest absolute Gasteiger partial charge is 0.349 e. The van der Waals surface area contributed by atoms with Gasteiger partial charge < -0.3 is 10.2 Å². The Morgan fingerprint density at radius 1 is 1.33 bits per heavy atom. The lowest BCUT2D eigenvalue weighted by molar-refractivity contribution is 0.0885. The van der Waals surface area contributed by atoms with Gasteiger partial charge in [-0.3, -0.25) is 14.5 Å². The van der Waals surface area contributed by atoms with Gasteiger partial charge in [0, 0.05) is 43.7 Å². The summed E-state index contributed by atoms with van der Waals surface area (Å²) in [5.41, 5.74) is -0.0987. The highest BCUT2D eigenvalue weighted by atomic mass is 32.1. The van der Waals surface area contributed by atoms with Crippen LogP contribution in [0.4, 0.5) is 0 Å². The predicted molar refractivity (Wildman–Crippen MR) is 93.3 cm³/mol. The fourth-order valence-electron chi connectivity index (χ4n) is 2.77. The van der Waals surface area contributed by atoms with Gasteiger partial charge in [-0.05, 0) is 24.6 Å². The van der Waals surface area contributed by atoms with Gasteiger partial charge >= 0.3 is 0 Å². The fourth-order valence-corrected chi connectivity index (χ4v) is 3.64.